The SMILES string of the molecule is B[C@@H](c1ccc2ccccc2c1)[C@@H]1CCCN(C)C1. The van der Waals surface area contributed by atoms with Crippen LogP contribution in [-0.2, 0) is 0 Å². The Morgan fingerprint density at radius 2 is 1.95 bits per heavy atom. The number of hydrogen-bond donors (Lipinski definition) is 0. The molecule has 0 saturated carbocycles. The van der Waals surface area contributed by atoms with E-state index in [-0.39, 0.29) is 0 Å². The highest BCUT2D eigenvalue weighted by molar-refractivity contribution is 6.12. The Bertz CT molecular complexity index is 566. The summed E-state index contributed by atoms with van der Waals surface area (Å²) >= 11 is 0. The summed E-state index contributed by atoms with van der Waals surface area (Å²) in [6.07, 6.45) is 2.72. The predicted molar refractivity (Wildman–Crippen MR) is 85.5 cm³/mol. The lowest BCUT2D eigenvalue weighted by molar-refractivity contribution is 0.205. The zero-order valence-corrected chi connectivity index (χ0v) is 12.0. The Kier molecular flexibility index (Phi) is 3.61. The molecule has 0 spiro atoms. The molecule has 3 rings (SSSR count). The molecule has 2 aromatic rings. The first-order valence-corrected chi connectivity index (χ1v) is 7.41. The summed E-state index contributed by atoms with van der Waals surface area (Å²) in [7, 11) is 4.65. The summed E-state index contributed by atoms with van der Waals surface area (Å²) in [6, 6.07) is 15.6. The van der Waals surface area contributed by atoms with Gasteiger partial charge in [-0.05, 0) is 48.9 Å². The molecular weight excluding hydrogens is 229 g/mol. The van der Waals surface area contributed by atoms with Crippen LogP contribution in [0.3, 0.4) is 0 Å². The third-order valence-electron chi connectivity index (χ3n) is 4.67. The second-order valence-electron chi connectivity index (χ2n) is 6.06. The summed E-state index contributed by atoms with van der Waals surface area (Å²) in [4.78, 5) is 2.48. The van der Waals surface area contributed by atoms with Crippen molar-refractivity contribution in [2.75, 3.05) is 20.1 Å². The largest absolute Gasteiger partial charge is 0.306 e. The zero-order chi connectivity index (χ0) is 13.2. The average Bonchev–Trinajstić information content (AvgIpc) is 2.46. The van der Waals surface area contributed by atoms with Crippen LogP contribution in [0.25, 0.3) is 10.8 Å². The highest BCUT2D eigenvalue weighted by atomic mass is 15.1. The van der Waals surface area contributed by atoms with Gasteiger partial charge in [0, 0.05) is 6.54 Å². The fraction of sp³-hybridized carbons (Fsp3) is 0.412. The quantitative estimate of drug-likeness (QED) is 0.742. The van der Waals surface area contributed by atoms with Crippen molar-refractivity contribution in [1.82, 2.24) is 4.90 Å². The van der Waals surface area contributed by atoms with E-state index < -0.39 is 0 Å². The van der Waals surface area contributed by atoms with Crippen molar-refractivity contribution in [2.24, 2.45) is 5.92 Å². The van der Waals surface area contributed by atoms with Gasteiger partial charge in [-0.1, -0.05) is 48.0 Å². The van der Waals surface area contributed by atoms with Crippen LogP contribution < -0.4 is 0 Å². The standard InChI is InChI=1S/C17H22BN/c1-19-10-4-7-16(12-19)17(18)15-9-8-13-5-2-3-6-14(13)11-15/h2-3,5-6,8-9,11,16-17H,4,7,10,12,18H2,1H3/t16-,17+/m1/s1. The Balaban J connectivity index is 1.86. The van der Waals surface area contributed by atoms with Crippen molar-refractivity contribution in [3.63, 3.8) is 0 Å². The van der Waals surface area contributed by atoms with Crippen LogP contribution in [0.5, 0.6) is 0 Å². The lowest BCUT2D eigenvalue weighted by atomic mass is 9.69. The molecule has 1 heterocycles. The highest BCUT2D eigenvalue weighted by Crippen LogP contribution is 2.30. The summed E-state index contributed by atoms with van der Waals surface area (Å²) < 4.78 is 0. The minimum absolute atomic E-state index is 0.660. The third kappa shape index (κ3) is 2.69. The van der Waals surface area contributed by atoms with Crippen LogP contribution in [0.15, 0.2) is 42.5 Å². The normalized spacial score (nSPS) is 22.5. The molecule has 2 heteroatoms. The van der Waals surface area contributed by atoms with Gasteiger partial charge >= 0.3 is 0 Å². The molecule has 1 aliphatic rings. The van der Waals surface area contributed by atoms with Crippen LogP contribution in [-0.4, -0.2) is 32.9 Å². The van der Waals surface area contributed by atoms with Gasteiger partial charge in [0.05, 0.1) is 0 Å². The van der Waals surface area contributed by atoms with Crippen molar-refractivity contribution < 1.29 is 0 Å². The molecule has 0 bridgehead atoms. The van der Waals surface area contributed by atoms with Crippen molar-refractivity contribution in [3.05, 3.63) is 48.0 Å². The lowest BCUT2D eigenvalue weighted by Crippen LogP contribution is -2.35. The smallest absolute Gasteiger partial charge is 0.111 e. The van der Waals surface area contributed by atoms with E-state index in [1.807, 2.05) is 0 Å². The molecule has 1 saturated heterocycles. The maximum absolute atomic E-state index is 2.48. The Morgan fingerprint density at radius 1 is 1.16 bits per heavy atom. The first-order chi connectivity index (χ1) is 9.24. The van der Waals surface area contributed by atoms with Crippen LogP contribution in [0.1, 0.15) is 24.2 Å². The third-order valence-corrected chi connectivity index (χ3v) is 4.67. The van der Waals surface area contributed by atoms with Crippen LogP contribution in [0, 0.1) is 5.92 Å². The Hall–Kier alpha value is -1.28. The molecule has 0 amide bonds. The van der Waals surface area contributed by atoms with E-state index >= 15 is 0 Å². The number of nitrogens with zero attached hydrogens (tertiary/aromatic N) is 1. The van der Waals surface area contributed by atoms with Crippen molar-refractivity contribution in [1.29, 1.82) is 0 Å². The number of likely N-dealkylation sites (tertiary alicyclic amines) is 1. The van der Waals surface area contributed by atoms with E-state index in [1.54, 1.807) is 0 Å². The molecule has 1 aliphatic heterocycles. The molecule has 98 valence electrons. The van der Waals surface area contributed by atoms with Gasteiger partial charge in [-0.2, -0.15) is 0 Å². The van der Waals surface area contributed by atoms with Gasteiger partial charge in [0.15, 0.2) is 0 Å². The van der Waals surface area contributed by atoms with Gasteiger partial charge in [0.2, 0.25) is 0 Å². The van der Waals surface area contributed by atoms with Gasteiger partial charge in [0.1, 0.15) is 7.85 Å². The molecule has 1 fully saturated rings. The minimum atomic E-state index is 0.660. The number of benzene rings is 2. The Labute approximate surface area is 117 Å². The number of hydrogen-bond acceptors (Lipinski definition) is 1. The van der Waals surface area contributed by atoms with Gasteiger partial charge in [0.25, 0.3) is 0 Å². The fourth-order valence-electron chi connectivity index (χ4n) is 3.38. The average molecular weight is 251 g/mol. The lowest BCUT2D eigenvalue weighted by Gasteiger charge is -2.34. The molecule has 0 radical (unpaired) electrons. The van der Waals surface area contributed by atoms with Crippen molar-refractivity contribution in [2.45, 2.75) is 18.7 Å². The summed E-state index contributed by atoms with van der Waals surface area (Å²) in [5.74, 6) is 1.47. The summed E-state index contributed by atoms with van der Waals surface area (Å²) in [5, 5.41) is 2.72. The topological polar surface area (TPSA) is 3.24 Å². The van der Waals surface area contributed by atoms with E-state index in [4.69, 9.17) is 0 Å². The fourth-order valence-corrected chi connectivity index (χ4v) is 3.38. The monoisotopic (exact) mass is 251 g/mol. The molecular formula is C17H22BN. The summed E-state index contributed by atoms with van der Waals surface area (Å²) in [5.41, 5.74) is 1.50. The number of piperidine rings is 1. The summed E-state index contributed by atoms with van der Waals surface area (Å²) in [6.45, 7) is 2.51. The molecule has 19 heavy (non-hydrogen) atoms. The highest BCUT2D eigenvalue weighted by Gasteiger charge is 2.23. The van der Waals surface area contributed by atoms with Crippen LogP contribution in [0.2, 0.25) is 0 Å². The molecule has 0 aromatic heterocycles. The van der Waals surface area contributed by atoms with Gasteiger partial charge in [-0.25, -0.2) is 0 Å². The van der Waals surface area contributed by atoms with E-state index in [0.717, 1.165) is 5.92 Å². The molecule has 1 nitrogen and oxygen atoms in total. The Morgan fingerprint density at radius 3 is 2.74 bits per heavy atom. The first kappa shape index (κ1) is 12.7. The van der Waals surface area contributed by atoms with Crippen molar-refractivity contribution in [3.8, 4) is 0 Å². The second-order valence-corrected chi connectivity index (χ2v) is 6.06. The van der Waals surface area contributed by atoms with E-state index in [9.17, 15) is 0 Å². The predicted octanol–water partition coefficient (Wildman–Crippen LogP) is 2.86. The maximum atomic E-state index is 2.48. The van der Waals surface area contributed by atoms with Crippen molar-refractivity contribution >= 4 is 18.6 Å². The number of rotatable bonds is 2. The number of fused-ring (bicyclic) bond motifs is 1. The first-order valence-electron chi connectivity index (χ1n) is 7.41. The molecule has 2 aromatic carbocycles. The van der Waals surface area contributed by atoms with E-state index in [1.165, 1.54) is 42.3 Å². The van der Waals surface area contributed by atoms with Gasteiger partial charge in [-0.3, -0.25) is 0 Å². The zero-order valence-electron chi connectivity index (χ0n) is 12.0. The second kappa shape index (κ2) is 5.38. The molecule has 0 aliphatic carbocycles. The van der Waals surface area contributed by atoms with Gasteiger partial charge < -0.3 is 4.90 Å². The molecule has 0 unspecified atom stereocenters. The maximum Gasteiger partial charge on any atom is 0.111 e. The minimum Gasteiger partial charge on any atom is -0.306 e. The van der Waals surface area contributed by atoms with Gasteiger partial charge in [-0.15, -0.1) is 0 Å². The molecule has 0 N–H and O–H groups in total. The van der Waals surface area contributed by atoms with Crippen LogP contribution in [0.4, 0.5) is 0 Å². The van der Waals surface area contributed by atoms with E-state index in [0.29, 0.717) is 5.82 Å². The van der Waals surface area contributed by atoms with E-state index in [2.05, 4.69) is 62.3 Å². The van der Waals surface area contributed by atoms with Crippen LogP contribution >= 0.6 is 0 Å². The molecule has 2 atom stereocenters.